The van der Waals surface area contributed by atoms with Crippen LogP contribution in [0.5, 0.6) is 11.5 Å². The molecule has 0 aromatic heterocycles. The molecule has 0 bridgehead atoms. The summed E-state index contributed by atoms with van der Waals surface area (Å²) < 4.78 is 11.9. The summed E-state index contributed by atoms with van der Waals surface area (Å²) >= 11 is 0. The summed E-state index contributed by atoms with van der Waals surface area (Å²) in [7, 11) is 1.95. The lowest BCUT2D eigenvalue weighted by molar-refractivity contribution is 0.216. The van der Waals surface area contributed by atoms with Crippen LogP contribution in [0, 0.1) is 0 Å². The summed E-state index contributed by atoms with van der Waals surface area (Å²) in [6, 6.07) is 31.0. The van der Waals surface area contributed by atoms with Crippen molar-refractivity contribution in [2.45, 2.75) is 6.54 Å². The van der Waals surface area contributed by atoms with E-state index in [4.69, 9.17) is 9.47 Å². The Morgan fingerprint density at radius 1 is 0.655 bits per heavy atom. The van der Waals surface area contributed by atoms with Crippen molar-refractivity contribution in [3.8, 4) is 22.6 Å². The third-order valence-corrected chi connectivity index (χ3v) is 4.92. The third-order valence-electron chi connectivity index (χ3n) is 4.92. The molecule has 0 aliphatic rings. The van der Waals surface area contributed by atoms with Crippen LogP contribution in [0.2, 0.25) is 0 Å². The highest BCUT2D eigenvalue weighted by molar-refractivity contribution is 5.87. The summed E-state index contributed by atoms with van der Waals surface area (Å²) in [5.74, 6) is 1.75. The highest BCUT2D eigenvalue weighted by atomic mass is 16.5. The van der Waals surface area contributed by atoms with E-state index < -0.39 is 0 Å². The topological polar surface area (TPSA) is 30.5 Å². The van der Waals surface area contributed by atoms with E-state index >= 15 is 0 Å². The number of nitrogens with one attached hydrogen (secondary N) is 1. The molecule has 0 heterocycles. The normalized spacial score (nSPS) is 10.8. The molecule has 0 saturated carbocycles. The van der Waals surface area contributed by atoms with Crippen LogP contribution in [-0.2, 0) is 6.54 Å². The minimum Gasteiger partial charge on any atom is -0.490 e. The van der Waals surface area contributed by atoms with E-state index in [1.165, 1.54) is 27.5 Å². The molecule has 1 N–H and O–H groups in total. The number of ether oxygens (including phenoxy) is 2. The lowest BCUT2D eigenvalue weighted by Gasteiger charge is -2.14. The zero-order chi connectivity index (χ0) is 19.9. The predicted molar refractivity (Wildman–Crippen MR) is 120 cm³/mol. The van der Waals surface area contributed by atoms with Gasteiger partial charge < -0.3 is 14.8 Å². The first-order chi connectivity index (χ1) is 14.3. The molecule has 0 amide bonds. The largest absolute Gasteiger partial charge is 0.490 e. The van der Waals surface area contributed by atoms with Crippen LogP contribution in [0.3, 0.4) is 0 Å². The molecule has 3 nitrogen and oxygen atoms in total. The number of benzene rings is 4. The van der Waals surface area contributed by atoms with Crippen molar-refractivity contribution in [1.29, 1.82) is 0 Å². The van der Waals surface area contributed by atoms with Crippen molar-refractivity contribution in [2.24, 2.45) is 0 Å². The summed E-state index contributed by atoms with van der Waals surface area (Å²) in [6.07, 6.45) is 0. The van der Waals surface area contributed by atoms with Gasteiger partial charge in [-0.3, -0.25) is 0 Å². The number of hydrogen-bond donors (Lipinski definition) is 1. The molecule has 0 spiro atoms. The zero-order valence-electron chi connectivity index (χ0n) is 16.6. The maximum absolute atomic E-state index is 6.05. The highest BCUT2D eigenvalue weighted by Crippen LogP contribution is 2.28. The number of rotatable bonds is 8. The molecule has 0 aliphatic heterocycles. The highest BCUT2D eigenvalue weighted by Gasteiger charge is 2.08. The van der Waals surface area contributed by atoms with Gasteiger partial charge in [-0.25, -0.2) is 0 Å². The Bertz CT molecular complexity index is 1060. The fourth-order valence-electron chi connectivity index (χ4n) is 3.50. The van der Waals surface area contributed by atoms with Gasteiger partial charge in [0.2, 0.25) is 0 Å². The second-order valence-electron chi connectivity index (χ2n) is 6.88. The average molecular weight is 383 g/mol. The molecule has 0 aliphatic carbocycles. The minimum atomic E-state index is 0.496. The number of hydrogen-bond acceptors (Lipinski definition) is 3. The van der Waals surface area contributed by atoms with E-state index in [1.54, 1.807) is 0 Å². The summed E-state index contributed by atoms with van der Waals surface area (Å²) in [4.78, 5) is 0. The summed E-state index contributed by atoms with van der Waals surface area (Å²) in [6.45, 7) is 1.75. The van der Waals surface area contributed by atoms with Gasteiger partial charge in [0.1, 0.15) is 24.7 Å². The molecular weight excluding hydrogens is 358 g/mol. The maximum atomic E-state index is 6.05. The fourth-order valence-corrected chi connectivity index (χ4v) is 3.50. The van der Waals surface area contributed by atoms with Crippen molar-refractivity contribution in [2.75, 3.05) is 20.3 Å². The fraction of sp³-hybridized carbons (Fsp3) is 0.154. The van der Waals surface area contributed by atoms with Crippen LogP contribution >= 0.6 is 0 Å². The second-order valence-corrected chi connectivity index (χ2v) is 6.88. The monoisotopic (exact) mass is 383 g/mol. The van der Waals surface area contributed by atoms with Gasteiger partial charge in [-0.2, -0.15) is 0 Å². The Morgan fingerprint density at radius 3 is 2.14 bits per heavy atom. The molecule has 4 rings (SSSR count). The lowest BCUT2D eigenvalue weighted by atomic mass is 10.0. The summed E-state index contributed by atoms with van der Waals surface area (Å²) in [5.41, 5.74) is 3.57. The Balaban J connectivity index is 1.36. The van der Waals surface area contributed by atoms with Crippen molar-refractivity contribution in [3.63, 3.8) is 0 Å². The Hall–Kier alpha value is -3.30. The molecule has 146 valence electrons. The van der Waals surface area contributed by atoms with Gasteiger partial charge in [0.05, 0.1) is 0 Å². The second kappa shape index (κ2) is 9.26. The van der Waals surface area contributed by atoms with Crippen LogP contribution in [0.4, 0.5) is 0 Å². The van der Waals surface area contributed by atoms with Crippen molar-refractivity contribution < 1.29 is 9.47 Å². The van der Waals surface area contributed by atoms with Crippen LogP contribution in [-0.4, -0.2) is 20.3 Å². The van der Waals surface area contributed by atoms with E-state index in [0.29, 0.717) is 13.2 Å². The molecule has 0 radical (unpaired) electrons. The van der Waals surface area contributed by atoms with Crippen LogP contribution in [0.1, 0.15) is 5.56 Å². The van der Waals surface area contributed by atoms with E-state index in [1.807, 2.05) is 43.4 Å². The Kier molecular flexibility index (Phi) is 6.08. The van der Waals surface area contributed by atoms with E-state index in [2.05, 4.69) is 59.9 Å². The molecular formula is C26H25NO2. The molecule has 4 aromatic carbocycles. The van der Waals surface area contributed by atoms with Crippen LogP contribution in [0.25, 0.3) is 21.9 Å². The summed E-state index contributed by atoms with van der Waals surface area (Å²) in [5, 5.41) is 5.68. The van der Waals surface area contributed by atoms with Gasteiger partial charge in [0, 0.05) is 12.1 Å². The van der Waals surface area contributed by atoms with Crippen molar-refractivity contribution in [1.82, 2.24) is 5.32 Å². The van der Waals surface area contributed by atoms with Crippen LogP contribution < -0.4 is 14.8 Å². The molecule has 3 heteroatoms. The van der Waals surface area contributed by atoms with Gasteiger partial charge >= 0.3 is 0 Å². The first kappa shape index (κ1) is 19.0. The van der Waals surface area contributed by atoms with Crippen molar-refractivity contribution >= 4 is 10.8 Å². The predicted octanol–water partition coefficient (Wildman–Crippen LogP) is 5.68. The smallest absolute Gasteiger partial charge is 0.124 e. The van der Waals surface area contributed by atoms with Gasteiger partial charge in [-0.15, -0.1) is 0 Å². The first-order valence-corrected chi connectivity index (χ1v) is 9.91. The standard InChI is InChI=1S/C26H25NO2/c1-27-19-25-24-10-6-5-9-22(24)13-16-26(25)29-18-17-28-23-14-11-21(12-15-23)20-7-3-2-4-8-20/h2-16,27H,17-19H2,1H3. The van der Waals surface area contributed by atoms with Gasteiger partial charge in [0.25, 0.3) is 0 Å². The molecule has 0 saturated heterocycles. The van der Waals surface area contributed by atoms with Gasteiger partial charge in [-0.05, 0) is 47.1 Å². The SMILES string of the molecule is CNCc1c(OCCOc2ccc(-c3ccccc3)cc2)ccc2ccccc12. The van der Waals surface area contributed by atoms with Gasteiger partial charge in [0.15, 0.2) is 0 Å². The zero-order valence-corrected chi connectivity index (χ0v) is 16.6. The third kappa shape index (κ3) is 4.58. The maximum Gasteiger partial charge on any atom is 0.124 e. The number of fused-ring (bicyclic) bond motifs is 1. The molecule has 0 atom stereocenters. The van der Waals surface area contributed by atoms with Crippen LogP contribution in [0.15, 0.2) is 91.0 Å². The van der Waals surface area contributed by atoms with E-state index in [9.17, 15) is 0 Å². The Morgan fingerprint density at radius 2 is 1.34 bits per heavy atom. The molecule has 29 heavy (non-hydrogen) atoms. The van der Waals surface area contributed by atoms with E-state index in [-0.39, 0.29) is 0 Å². The van der Waals surface area contributed by atoms with E-state index in [0.717, 1.165) is 18.0 Å². The first-order valence-electron chi connectivity index (χ1n) is 9.91. The quantitative estimate of drug-likeness (QED) is 0.397. The average Bonchev–Trinajstić information content (AvgIpc) is 2.79. The Labute approximate surface area is 171 Å². The minimum absolute atomic E-state index is 0.496. The van der Waals surface area contributed by atoms with Crippen molar-refractivity contribution in [3.05, 3.63) is 96.6 Å². The van der Waals surface area contributed by atoms with Gasteiger partial charge in [-0.1, -0.05) is 72.8 Å². The lowest BCUT2D eigenvalue weighted by Crippen LogP contribution is -2.12. The molecule has 0 fully saturated rings. The molecule has 4 aromatic rings. The molecule has 0 unspecified atom stereocenters.